The van der Waals surface area contributed by atoms with Crippen LogP contribution in [0.25, 0.3) is 10.8 Å². The fourth-order valence-corrected chi connectivity index (χ4v) is 10.0. The number of benzene rings is 1. The molecular formula is C40H54N6O9S. The zero-order valence-electron chi connectivity index (χ0n) is 35.5. The number of nitrogens with one attached hydrogen (secondary N) is 2. The molecule has 0 unspecified atom stereocenters. The van der Waals surface area contributed by atoms with Gasteiger partial charge in [0.2, 0.25) is 27.7 Å². The van der Waals surface area contributed by atoms with Crippen LogP contribution < -0.4 is 24.4 Å². The molecule has 15 nitrogen and oxygen atoms in total. The number of hydrogen-bond donors (Lipinski definition) is 3. The number of anilines is 1. The number of carboxylic acid groups (broad SMARTS) is 1. The lowest BCUT2D eigenvalue weighted by atomic mass is 9.85. The van der Waals surface area contributed by atoms with E-state index in [-0.39, 0.29) is 31.2 Å². The highest BCUT2D eigenvalue weighted by Gasteiger charge is 2.62. The van der Waals surface area contributed by atoms with Gasteiger partial charge in [0.1, 0.15) is 30.3 Å². The lowest BCUT2D eigenvalue weighted by Crippen LogP contribution is -2.62. The summed E-state index contributed by atoms with van der Waals surface area (Å²) in [6.07, 6.45) is 5.18. The van der Waals surface area contributed by atoms with Gasteiger partial charge in [0.15, 0.2) is 5.75 Å². The van der Waals surface area contributed by atoms with Gasteiger partial charge in [0.25, 0.3) is 5.91 Å². The topological polar surface area (TPSA) is 188 Å². The van der Waals surface area contributed by atoms with Crippen LogP contribution >= 0.6 is 0 Å². The third-order valence-corrected chi connectivity index (χ3v) is 13.7. The number of aromatic nitrogens is 1. The van der Waals surface area contributed by atoms with E-state index in [0.29, 0.717) is 61.3 Å². The highest BCUT2D eigenvalue weighted by Crippen LogP contribution is 2.47. The molecule has 7 rings (SSSR count). The van der Waals surface area contributed by atoms with Crippen LogP contribution in [0.2, 0.25) is 0 Å². The summed E-state index contributed by atoms with van der Waals surface area (Å²) in [5.41, 5.74) is -2.76. The van der Waals surface area contributed by atoms with Crippen LogP contribution in [-0.4, -0.2) is 113 Å². The predicted molar refractivity (Wildman–Crippen MR) is 209 cm³/mol. The van der Waals surface area contributed by atoms with Crippen molar-refractivity contribution in [1.82, 2.24) is 24.8 Å². The third kappa shape index (κ3) is 7.60. The van der Waals surface area contributed by atoms with Crippen molar-refractivity contribution in [3.8, 4) is 11.6 Å². The summed E-state index contributed by atoms with van der Waals surface area (Å²) in [5, 5.41) is 14.2. The third-order valence-electron chi connectivity index (χ3n) is 11.9. The smallest absolute Gasteiger partial charge is 0.408 e. The number of pyridine rings is 1. The highest BCUT2D eigenvalue weighted by atomic mass is 32.2. The van der Waals surface area contributed by atoms with Gasteiger partial charge in [-0.3, -0.25) is 24.0 Å². The molecule has 2 aromatic rings. The molecule has 1 saturated heterocycles. The van der Waals surface area contributed by atoms with Gasteiger partial charge in [0.05, 0.1) is 24.0 Å². The van der Waals surface area contributed by atoms with Crippen molar-refractivity contribution in [3.63, 3.8) is 0 Å². The minimum Gasteiger partial charge on any atom is -0.489 e. The zero-order chi connectivity index (χ0) is 42.8. The van der Waals surface area contributed by atoms with Gasteiger partial charge in [0, 0.05) is 46.0 Å². The van der Waals surface area contributed by atoms with E-state index >= 15 is 4.79 Å². The van der Waals surface area contributed by atoms with E-state index < -0.39 is 87.0 Å². The van der Waals surface area contributed by atoms with Gasteiger partial charge in [-0.25, -0.2) is 18.2 Å². The van der Waals surface area contributed by atoms with Gasteiger partial charge in [-0.2, -0.15) is 0 Å². The number of hydrogen-bond acceptors (Lipinski definition) is 10. The van der Waals surface area contributed by atoms with Crippen molar-refractivity contribution in [2.24, 2.45) is 17.8 Å². The van der Waals surface area contributed by atoms with Crippen molar-refractivity contribution in [1.29, 1.82) is 0 Å². The standard InChI is InChI=1S/C40H54N6O9S/c1-23-9-7-8-10-25-21-40(25,37(49)43-56(52,53)27-11-12-27)42-34(47)31-20-26(22-45(31)36(48)32(24(2)19-23)46(38(50)51)39(3,4)5)55-35-29-13-14-30-33(28(29)15-16-41-35)54-18-17-44(30)6/h8,10,13-16,23-27,31-32H,7,9,11-12,17-22H2,1-6H3,(H,42,47)(H,43,49)(H,50,51)/b10-8-/t23-,24+,25+,26+,31-,32-,40+/m0/s1/i3D3. The van der Waals surface area contributed by atoms with Gasteiger partial charge in [-0.15, -0.1) is 0 Å². The molecule has 3 N–H and O–H groups in total. The van der Waals surface area contributed by atoms with E-state index in [1.807, 2.05) is 44.3 Å². The summed E-state index contributed by atoms with van der Waals surface area (Å²) in [7, 11) is -2.01. The second-order valence-electron chi connectivity index (χ2n) is 16.8. The lowest BCUT2D eigenvalue weighted by molar-refractivity contribution is -0.146. The SMILES string of the molecule is [2H]C([2H])([2H])C(C)(C)N(C(=O)O)[C@@H]1C(=O)N2C[C@H](Oc3nccc4c5c(ccc34)N(C)CCO5)C[C@H]2C(=O)N[C@]2(C(=O)NS(=O)(=O)C3CC3)C[C@H]2/C=C\CC[C@H](C)C[C@H]1C. The molecule has 5 aliphatic rings. The molecule has 7 atom stereocenters. The molecular weight excluding hydrogens is 741 g/mol. The van der Waals surface area contributed by atoms with Gasteiger partial charge >= 0.3 is 6.09 Å². The molecule has 0 bridgehead atoms. The van der Waals surface area contributed by atoms with Crippen LogP contribution in [0.4, 0.5) is 10.5 Å². The molecule has 3 aliphatic heterocycles. The van der Waals surface area contributed by atoms with E-state index in [9.17, 15) is 27.9 Å². The fourth-order valence-electron chi connectivity index (χ4n) is 8.65. The number of rotatable bonds is 6. The van der Waals surface area contributed by atoms with Crippen LogP contribution in [-0.2, 0) is 24.4 Å². The van der Waals surface area contributed by atoms with E-state index in [2.05, 4.69) is 19.9 Å². The quantitative estimate of drug-likeness (QED) is 0.358. The Morgan fingerprint density at radius 3 is 2.64 bits per heavy atom. The number of amides is 4. The fraction of sp³-hybridized carbons (Fsp3) is 0.625. The minimum absolute atomic E-state index is 0.0466. The molecule has 56 heavy (non-hydrogen) atoms. The molecule has 0 spiro atoms. The summed E-state index contributed by atoms with van der Waals surface area (Å²) in [5.74, 6) is -2.82. The summed E-state index contributed by atoms with van der Waals surface area (Å²) < 4.78 is 65.7. The van der Waals surface area contributed by atoms with Crippen LogP contribution in [0, 0.1) is 17.8 Å². The molecule has 0 radical (unpaired) electrons. The van der Waals surface area contributed by atoms with Crippen molar-refractivity contribution in [2.75, 3.05) is 31.6 Å². The Bertz CT molecular complexity index is 2170. The van der Waals surface area contributed by atoms with Crippen LogP contribution in [0.5, 0.6) is 11.6 Å². The van der Waals surface area contributed by atoms with Crippen LogP contribution in [0.3, 0.4) is 0 Å². The van der Waals surface area contributed by atoms with E-state index in [4.69, 9.17) is 13.6 Å². The Morgan fingerprint density at radius 2 is 1.93 bits per heavy atom. The van der Waals surface area contributed by atoms with Gasteiger partial charge < -0.3 is 29.7 Å². The average molecular weight is 798 g/mol. The number of sulfonamides is 1. The maximum Gasteiger partial charge on any atom is 0.408 e. The highest BCUT2D eigenvalue weighted by molar-refractivity contribution is 7.91. The Hall–Kier alpha value is -4.60. The van der Waals surface area contributed by atoms with Crippen LogP contribution in [0.15, 0.2) is 36.5 Å². The van der Waals surface area contributed by atoms with Crippen molar-refractivity contribution >= 4 is 50.3 Å². The minimum atomic E-state index is -3.98. The molecule has 3 fully saturated rings. The summed E-state index contributed by atoms with van der Waals surface area (Å²) in [6.45, 7) is 4.33. The molecule has 2 aliphatic carbocycles. The first kappa shape index (κ1) is 35.8. The van der Waals surface area contributed by atoms with Crippen molar-refractivity contribution in [3.05, 3.63) is 36.5 Å². The molecule has 4 amide bonds. The second kappa shape index (κ2) is 14.7. The maximum atomic E-state index is 15.2. The van der Waals surface area contributed by atoms with Crippen LogP contribution in [0.1, 0.15) is 83.6 Å². The normalized spacial score (nSPS) is 31.4. The molecule has 1 aromatic carbocycles. The summed E-state index contributed by atoms with van der Waals surface area (Å²) >= 11 is 0. The largest absolute Gasteiger partial charge is 0.489 e. The number of carbonyl (C=O) groups excluding carboxylic acids is 3. The molecule has 16 heteroatoms. The molecule has 304 valence electrons. The first-order valence-electron chi connectivity index (χ1n) is 21.0. The predicted octanol–water partition coefficient (Wildman–Crippen LogP) is 4.05. The monoisotopic (exact) mass is 797 g/mol. The zero-order valence-corrected chi connectivity index (χ0v) is 33.3. The Labute approximate surface area is 332 Å². The lowest BCUT2D eigenvalue weighted by Gasteiger charge is -2.43. The van der Waals surface area contributed by atoms with Gasteiger partial charge in [-0.05, 0) is 89.3 Å². The number of ether oxygens (including phenoxy) is 2. The number of fused-ring (bicyclic) bond motifs is 5. The number of allylic oxidation sites excluding steroid dienone is 1. The van der Waals surface area contributed by atoms with E-state index in [1.54, 1.807) is 13.1 Å². The number of nitrogens with zero attached hydrogens (tertiary/aromatic N) is 4. The summed E-state index contributed by atoms with van der Waals surface area (Å²) in [6, 6.07) is 2.70. The van der Waals surface area contributed by atoms with Gasteiger partial charge in [-0.1, -0.05) is 26.0 Å². The average Bonchev–Trinajstić information content (AvgIpc) is 4.08. The summed E-state index contributed by atoms with van der Waals surface area (Å²) in [4.78, 5) is 65.5. The Kier molecular flexibility index (Phi) is 9.41. The first-order valence-corrected chi connectivity index (χ1v) is 21.0. The second-order valence-corrected chi connectivity index (χ2v) is 18.8. The Balaban J connectivity index is 1.29. The number of likely N-dealkylation sites (N-methyl/N-ethyl adjacent to an activating group) is 1. The van der Waals surface area contributed by atoms with E-state index in [0.717, 1.165) is 11.1 Å². The maximum absolute atomic E-state index is 15.2. The number of carbonyl (C=O) groups is 4. The van der Waals surface area contributed by atoms with Crippen molar-refractivity contribution in [2.45, 2.75) is 114 Å². The van der Waals surface area contributed by atoms with Crippen molar-refractivity contribution < 1.29 is 46.3 Å². The molecule has 2 saturated carbocycles. The molecule has 4 heterocycles. The van der Waals surface area contributed by atoms with E-state index in [1.165, 1.54) is 18.7 Å². The first-order chi connectivity index (χ1) is 27.7. The Morgan fingerprint density at radius 1 is 1.16 bits per heavy atom. The molecule has 1 aromatic heterocycles.